The van der Waals surface area contributed by atoms with Gasteiger partial charge in [-0.2, -0.15) is 0 Å². The first kappa shape index (κ1) is 14.4. The van der Waals surface area contributed by atoms with E-state index in [1.54, 1.807) is 6.20 Å². The maximum absolute atomic E-state index is 6.28. The molecule has 0 aliphatic rings. The zero-order valence-corrected chi connectivity index (χ0v) is 14.7. The molecule has 1 unspecified atom stereocenters. The fourth-order valence-electron chi connectivity index (χ4n) is 1.73. The molecule has 0 saturated carbocycles. The first-order valence-corrected chi connectivity index (χ1v) is 8.02. The van der Waals surface area contributed by atoms with Gasteiger partial charge in [0, 0.05) is 31.0 Å². The zero-order valence-electron chi connectivity index (χ0n) is 9.41. The molecule has 1 aromatic heterocycles. The Morgan fingerprint density at radius 3 is 2.67 bits per heavy atom. The van der Waals surface area contributed by atoms with Gasteiger partial charge < -0.3 is 5.73 Å². The van der Waals surface area contributed by atoms with Gasteiger partial charge in [-0.3, -0.25) is 4.98 Å². The Kier molecular flexibility index (Phi) is 5.17. The predicted molar refractivity (Wildman–Crippen MR) is 89.4 cm³/mol. The summed E-state index contributed by atoms with van der Waals surface area (Å²) in [5.41, 5.74) is 8.57. The minimum Gasteiger partial charge on any atom is -0.324 e. The predicted octanol–water partition coefficient (Wildman–Crippen LogP) is 4.45. The van der Waals surface area contributed by atoms with Crippen LogP contribution in [0.15, 0.2) is 45.6 Å². The molecule has 2 rings (SSSR count). The van der Waals surface area contributed by atoms with E-state index in [1.807, 2.05) is 12.3 Å². The number of nitrogens with two attached hydrogens (primary N) is 1. The van der Waals surface area contributed by atoms with Gasteiger partial charge in [0.05, 0.1) is 0 Å². The van der Waals surface area contributed by atoms with E-state index in [1.165, 1.54) is 3.57 Å². The molecule has 94 valence electrons. The highest BCUT2D eigenvalue weighted by Crippen LogP contribution is 2.25. The zero-order chi connectivity index (χ0) is 13.1. The summed E-state index contributed by atoms with van der Waals surface area (Å²) in [6, 6.07) is 8.21. The van der Waals surface area contributed by atoms with Crippen molar-refractivity contribution in [1.29, 1.82) is 0 Å². The Morgan fingerprint density at radius 1 is 1.17 bits per heavy atom. The molecule has 18 heavy (non-hydrogen) atoms. The van der Waals surface area contributed by atoms with Gasteiger partial charge in [0.1, 0.15) is 0 Å². The van der Waals surface area contributed by atoms with Gasteiger partial charge in [-0.1, -0.05) is 15.9 Å². The first-order valence-electron chi connectivity index (χ1n) is 5.36. The molecule has 0 aliphatic carbocycles. The summed E-state index contributed by atoms with van der Waals surface area (Å²) < 4.78 is 3.23. The fourth-order valence-corrected chi connectivity index (χ4v) is 3.26. The summed E-state index contributed by atoms with van der Waals surface area (Å²) in [5, 5.41) is 0. The molecule has 0 bridgehead atoms. The van der Waals surface area contributed by atoms with E-state index in [4.69, 9.17) is 5.73 Å². The van der Waals surface area contributed by atoms with Crippen LogP contribution in [0, 0.1) is 3.57 Å². The third-order valence-corrected chi connectivity index (χ3v) is 4.48. The van der Waals surface area contributed by atoms with E-state index in [9.17, 15) is 0 Å². The van der Waals surface area contributed by atoms with Crippen LogP contribution in [0.25, 0.3) is 0 Å². The van der Waals surface area contributed by atoms with Crippen molar-refractivity contribution in [2.45, 2.75) is 12.5 Å². The molecule has 1 aromatic carbocycles. The highest BCUT2D eigenvalue weighted by atomic mass is 127. The minimum atomic E-state index is -0.0227. The summed E-state index contributed by atoms with van der Waals surface area (Å²) in [5.74, 6) is 0. The molecule has 0 radical (unpaired) electrons. The average Bonchev–Trinajstić information content (AvgIpc) is 2.32. The normalized spacial score (nSPS) is 12.4. The largest absolute Gasteiger partial charge is 0.324 e. The van der Waals surface area contributed by atoms with Crippen molar-refractivity contribution in [3.8, 4) is 0 Å². The van der Waals surface area contributed by atoms with Gasteiger partial charge >= 0.3 is 0 Å². The molecule has 1 heterocycles. The molecule has 0 spiro atoms. The van der Waals surface area contributed by atoms with Crippen LogP contribution in [-0.4, -0.2) is 4.98 Å². The van der Waals surface area contributed by atoms with Crippen molar-refractivity contribution in [1.82, 2.24) is 4.98 Å². The van der Waals surface area contributed by atoms with Crippen LogP contribution in [-0.2, 0) is 6.42 Å². The van der Waals surface area contributed by atoms with Crippen molar-refractivity contribution < 1.29 is 0 Å². The maximum Gasteiger partial charge on any atom is 0.0410 e. The van der Waals surface area contributed by atoms with Crippen molar-refractivity contribution in [3.05, 3.63) is 60.3 Å². The van der Waals surface area contributed by atoms with Crippen LogP contribution in [0.4, 0.5) is 0 Å². The van der Waals surface area contributed by atoms with Crippen molar-refractivity contribution >= 4 is 54.5 Å². The molecule has 0 fully saturated rings. The van der Waals surface area contributed by atoms with E-state index in [2.05, 4.69) is 77.6 Å². The Balaban J connectivity index is 2.21. The fraction of sp³-hybridized carbons (Fsp3) is 0.154. The summed E-state index contributed by atoms with van der Waals surface area (Å²) >= 11 is 9.22. The van der Waals surface area contributed by atoms with Crippen LogP contribution in [0.5, 0.6) is 0 Å². The average molecular weight is 482 g/mol. The van der Waals surface area contributed by atoms with Gasteiger partial charge in [-0.25, -0.2) is 0 Å². The molecule has 2 N–H and O–H groups in total. The smallest absolute Gasteiger partial charge is 0.0410 e. The first-order chi connectivity index (χ1) is 8.56. The van der Waals surface area contributed by atoms with Gasteiger partial charge in [-0.05, 0) is 80.3 Å². The molecule has 1 atom stereocenters. The van der Waals surface area contributed by atoms with Crippen molar-refractivity contribution in [3.63, 3.8) is 0 Å². The standard InChI is InChI=1S/C13H11Br2IN2/c14-9-1-2-12(16)11(5-9)13(17)4-8-3-10(15)7-18-6-8/h1-3,5-7,13H,4,17H2. The molecular formula is C13H11Br2IN2. The lowest BCUT2D eigenvalue weighted by molar-refractivity contribution is 0.715. The minimum absolute atomic E-state index is 0.0227. The Hall–Kier alpha value is 0.0200. The molecular weight excluding hydrogens is 471 g/mol. The second kappa shape index (κ2) is 6.45. The van der Waals surface area contributed by atoms with Gasteiger partial charge in [0.2, 0.25) is 0 Å². The van der Waals surface area contributed by atoms with Gasteiger partial charge in [0.15, 0.2) is 0 Å². The number of nitrogens with zero attached hydrogens (tertiary/aromatic N) is 1. The van der Waals surface area contributed by atoms with Crippen LogP contribution in [0.3, 0.4) is 0 Å². The highest BCUT2D eigenvalue weighted by molar-refractivity contribution is 14.1. The van der Waals surface area contributed by atoms with E-state index >= 15 is 0 Å². The quantitative estimate of drug-likeness (QED) is 0.658. The summed E-state index contributed by atoms with van der Waals surface area (Å²) in [7, 11) is 0. The summed E-state index contributed by atoms with van der Waals surface area (Å²) in [6.45, 7) is 0. The number of hydrogen-bond donors (Lipinski definition) is 1. The van der Waals surface area contributed by atoms with Crippen molar-refractivity contribution in [2.75, 3.05) is 0 Å². The topological polar surface area (TPSA) is 38.9 Å². The van der Waals surface area contributed by atoms with E-state index in [0.29, 0.717) is 0 Å². The van der Waals surface area contributed by atoms with Gasteiger partial charge in [0.25, 0.3) is 0 Å². The molecule has 0 saturated heterocycles. The number of aromatic nitrogens is 1. The Labute approximate surface area is 137 Å². The number of benzene rings is 1. The third kappa shape index (κ3) is 3.76. The van der Waals surface area contributed by atoms with E-state index in [0.717, 1.165) is 26.5 Å². The van der Waals surface area contributed by atoms with E-state index < -0.39 is 0 Å². The van der Waals surface area contributed by atoms with Gasteiger partial charge in [-0.15, -0.1) is 0 Å². The Bertz CT molecular complexity index is 560. The lowest BCUT2D eigenvalue weighted by atomic mass is 10.0. The van der Waals surface area contributed by atoms with Crippen LogP contribution >= 0.6 is 54.5 Å². The molecule has 0 aliphatic heterocycles. The number of pyridine rings is 1. The van der Waals surface area contributed by atoms with Crippen molar-refractivity contribution in [2.24, 2.45) is 5.73 Å². The molecule has 2 nitrogen and oxygen atoms in total. The Morgan fingerprint density at radius 2 is 1.94 bits per heavy atom. The molecule has 5 heteroatoms. The highest BCUT2D eigenvalue weighted by Gasteiger charge is 2.11. The van der Waals surface area contributed by atoms with E-state index in [-0.39, 0.29) is 6.04 Å². The van der Waals surface area contributed by atoms with Crippen LogP contribution in [0.2, 0.25) is 0 Å². The lowest BCUT2D eigenvalue weighted by Crippen LogP contribution is -2.15. The molecule has 0 amide bonds. The lowest BCUT2D eigenvalue weighted by Gasteiger charge is -2.14. The summed E-state index contributed by atoms with van der Waals surface area (Å²) in [6.07, 6.45) is 4.41. The third-order valence-electron chi connectivity index (χ3n) is 2.57. The second-order valence-electron chi connectivity index (χ2n) is 3.99. The number of hydrogen-bond acceptors (Lipinski definition) is 2. The number of halogens is 3. The SMILES string of the molecule is NC(Cc1cncc(Br)c1)c1cc(Br)ccc1I. The maximum atomic E-state index is 6.28. The monoisotopic (exact) mass is 480 g/mol. The van der Waals surface area contributed by atoms with Crippen LogP contribution < -0.4 is 5.73 Å². The van der Waals surface area contributed by atoms with Crippen LogP contribution in [0.1, 0.15) is 17.2 Å². The number of rotatable bonds is 3. The summed E-state index contributed by atoms with van der Waals surface area (Å²) in [4.78, 5) is 4.16. The molecule has 2 aromatic rings. The second-order valence-corrected chi connectivity index (χ2v) is 6.98.